The molecule has 43 heavy (non-hydrogen) atoms. The molecule has 0 saturated carbocycles. The molecule has 0 saturated heterocycles. The van der Waals surface area contributed by atoms with Gasteiger partial charge < -0.3 is 19.1 Å². The van der Waals surface area contributed by atoms with Crippen molar-refractivity contribution in [2.75, 3.05) is 26.9 Å². The van der Waals surface area contributed by atoms with Crippen LogP contribution < -0.4 is 9.47 Å². The standard InChI is InChI=1S/C35H41BrINO5/c1-7-42-29-15-22(14-24(37)33(29)43-20-21-8-10-23(36)11-9-21)30-31-25(16-34(2,3)18-27(31)39)38(12-13-41-6)26-17-35(4,5)19-28(40)32(26)30/h8-11,14-15,30H,7,12-13,16-20H2,1-6H3. The average Bonchev–Trinajstić information content (AvgIpc) is 2.91. The van der Waals surface area contributed by atoms with Crippen molar-refractivity contribution in [3.8, 4) is 11.5 Å². The van der Waals surface area contributed by atoms with Crippen molar-refractivity contribution in [3.63, 3.8) is 0 Å². The highest BCUT2D eigenvalue weighted by Gasteiger charge is 2.49. The lowest BCUT2D eigenvalue weighted by Gasteiger charge is -2.49. The molecule has 0 amide bonds. The number of hydrogen-bond donors (Lipinski definition) is 0. The molecule has 0 atom stereocenters. The number of methoxy groups -OCH3 is 1. The molecule has 0 fully saturated rings. The van der Waals surface area contributed by atoms with Gasteiger partial charge in [0.15, 0.2) is 23.1 Å². The lowest BCUT2D eigenvalue weighted by atomic mass is 9.63. The van der Waals surface area contributed by atoms with Crippen molar-refractivity contribution in [2.45, 2.75) is 72.8 Å². The number of carbonyl (C=O) groups excluding carboxylic acids is 2. The molecule has 6 nitrogen and oxygen atoms in total. The van der Waals surface area contributed by atoms with Gasteiger partial charge in [0.1, 0.15) is 6.61 Å². The van der Waals surface area contributed by atoms with E-state index in [1.165, 1.54) is 0 Å². The predicted molar refractivity (Wildman–Crippen MR) is 180 cm³/mol. The first-order valence-corrected chi connectivity index (χ1v) is 16.8. The lowest BCUT2D eigenvalue weighted by molar-refractivity contribution is -0.119. The summed E-state index contributed by atoms with van der Waals surface area (Å²) in [5.41, 5.74) is 5.18. The summed E-state index contributed by atoms with van der Waals surface area (Å²) in [5, 5.41) is 0. The number of ether oxygens (including phenoxy) is 3. The molecular weight excluding hydrogens is 721 g/mol. The van der Waals surface area contributed by atoms with Gasteiger partial charge in [-0.3, -0.25) is 9.59 Å². The van der Waals surface area contributed by atoms with Gasteiger partial charge in [0, 0.05) is 59.4 Å². The molecule has 2 aliphatic carbocycles. The third kappa shape index (κ3) is 6.76. The Bertz CT molecular complexity index is 1440. The summed E-state index contributed by atoms with van der Waals surface area (Å²) in [6.45, 7) is 12.6. The molecule has 1 aliphatic heterocycles. The normalized spacial score (nSPS) is 19.9. The fraction of sp³-hybridized carbons (Fsp3) is 0.486. The Morgan fingerprint density at radius 2 is 1.49 bits per heavy atom. The van der Waals surface area contributed by atoms with Crippen LogP contribution in [0.25, 0.3) is 0 Å². The summed E-state index contributed by atoms with van der Waals surface area (Å²) in [4.78, 5) is 30.4. The summed E-state index contributed by atoms with van der Waals surface area (Å²) in [6, 6.07) is 12.1. The molecule has 2 aromatic rings. The van der Waals surface area contributed by atoms with Gasteiger partial charge in [-0.2, -0.15) is 0 Å². The molecule has 230 valence electrons. The quantitative estimate of drug-likeness (QED) is 0.240. The third-order valence-corrected chi connectivity index (χ3v) is 9.83. The lowest BCUT2D eigenvalue weighted by Crippen LogP contribution is -2.45. The van der Waals surface area contributed by atoms with Crippen LogP contribution in [-0.2, 0) is 20.9 Å². The number of halogens is 2. The largest absolute Gasteiger partial charge is 0.490 e. The molecule has 8 heteroatoms. The minimum atomic E-state index is -0.441. The molecule has 0 aromatic heterocycles. The Hall–Kier alpha value is -2.17. The van der Waals surface area contributed by atoms with E-state index in [4.69, 9.17) is 14.2 Å². The number of hydrogen-bond acceptors (Lipinski definition) is 6. The second-order valence-electron chi connectivity index (χ2n) is 13.4. The SMILES string of the molecule is CCOc1cc(C2C3=C(CC(C)(C)CC3=O)N(CCOC)C3=C2C(=O)CC(C)(C)C3)cc(I)c1OCc1ccc(Br)cc1. The second kappa shape index (κ2) is 12.7. The van der Waals surface area contributed by atoms with Gasteiger partial charge in [0.2, 0.25) is 0 Å². The molecule has 0 spiro atoms. The zero-order chi connectivity index (χ0) is 31.1. The zero-order valence-corrected chi connectivity index (χ0v) is 29.7. The summed E-state index contributed by atoms with van der Waals surface area (Å²) in [6.07, 6.45) is 2.44. The zero-order valence-electron chi connectivity index (χ0n) is 25.9. The first-order valence-electron chi connectivity index (χ1n) is 15.0. The van der Waals surface area contributed by atoms with Crippen molar-refractivity contribution in [1.29, 1.82) is 0 Å². The van der Waals surface area contributed by atoms with Crippen LogP contribution in [0.5, 0.6) is 11.5 Å². The van der Waals surface area contributed by atoms with Crippen molar-refractivity contribution in [3.05, 3.63) is 78.1 Å². The molecular formula is C35H41BrINO5. The van der Waals surface area contributed by atoms with Gasteiger partial charge >= 0.3 is 0 Å². The average molecular weight is 763 g/mol. The molecule has 2 aromatic carbocycles. The van der Waals surface area contributed by atoms with E-state index in [9.17, 15) is 9.59 Å². The van der Waals surface area contributed by atoms with E-state index in [-0.39, 0.29) is 22.4 Å². The maximum Gasteiger partial charge on any atom is 0.174 e. The van der Waals surface area contributed by atoms with Gasteiger partial charge in [-0.1, -0.05) is 55.8 Å². The van der Waals surface area contributed by atoms with Crippen molar-refractivity contribution >= 4 is 50.1 Å². The molecule has 0 N–H and O–H groups in total. The van der Waals surface area contributed by atoms with Crippen LogP contribution in [0.2, 0.25) is 0 Å². The number of allylic oxidation sites excluding steroid dienone is 4. The van der Waals surface area contributed by atoms with Crippen molar-refractivity contribution in [2.24, 2.45) is 10.8 Å². The summed E-state index contributed by atoms with van der Waals surface area (Å²) in [5.74, 6) is 1.09. The highest BCUT2D eigenvalue weighted by molar-refractivity contribution is 14.1. The number of carbonyl (C=O) groups is 2. The van der Waals surface area contributed by atoms with E-state index in [1.54, 1.807) is 7.11 Å². The van der Waals surface area contributed by atoms with Crippen LogP contribution in [0, 0.1) is 14.4 Å². The van der Waals surface area contributed by atoms with Gasteiger partial charge in [0.25, 0.3) is 0 Å². The molecule has 5 rings (SSSR count). The van der Waals surface area contributed by atoms with E-state index in [1.807, 2.05) is 37.3 Å². The summed E-state index contributed by atoms with van der Waals surface area (Å²) in [7, 11) is 1.70. The molecule has 3 aliphatic rings. The Labute approximate surface area is 277 Å². The molecule has 0 unspecified atom stereocenters. The Kier molecular flexibility index (Phi) is 9.50. The smallest absolute Gasteiger partial charge is 0.174 e. The van der Waals surface area contributed by atoms with E-state index < -0.39 is 5.92 Å². The highest BCUT2D eigenvalue weighted by Crippen LogP contribution is 2.55. The van der Waals surface area contributed by atoms with Crippen molar-refractivity contribution in [1.82, 2.24) is 4.90 Å². The first-order chi connectivity index (χ1) is 20.3. The maximum absolute atomic E-state index is 14.1. The molecule has 0 bridgehead atoms. The maximum atomic E-state index is 14.1. The minimum absolute atomic E-state index is 0.117. The Morgan fingerprint density at radius 3 is 2.02 bits per heavy atom. The summed E-state index contributed by atoms with van der Waals surface area (Å²) < 4.78 is 19.9. The Morgan fingerprint density at radius 1 is 0.907 bits per heavy atom. The van der Waals surface area contributed by atoms with Gasteiger partial charge in [-0.25, -0.2) is 0 Å². The minimum Gasteiger partial charge on any atom is -0.490 e. The van der Waals surface area contributed by atoms with Gasteiger partial charge in [-0.05, 0) is 88.6 Å². The van der Waals surface area contributed by atoms with E-state index in [0.717, 1.165) is 54.6 Å². The fourth-order valence-electron chi connectivity index (χ4n) is 6.73. The Balaban J connectivity index is 1.66. The van der Waals surface area contributed by atoms with Crippen LogP contribution in [0.4, 0.5) is 0 Å². The fourth-order valence-corrected chi connectivity index (χ4v) is 7.77. The van der Waals surface area contributed by atoms with Crippen LogP contribution in [0.1, 0.15) is 77.3 Å². The topological polar surface area (TPSA) is 65.1 Å². The van der Waals surface area contributed by atoms with Gasteiger partial charge in [-0.15, -0.1) is 0 Å². The molecule has 1 heterocycles. The van der Waals surface area contributed by atoms with Crippen LogP contribution >= 0.6 is 38.5 Å². The van der Waals surface area contributed by atoms with Crippen molar-refractivity contribution < 1.29 is 23.8 Å². The van der Waals surface area contributed by atoms with E-state index in [2.05, 4.69) is 77.2 Å². The monoisotopic (exact) mass is 761 g/mol. The highest BCUT2D eigenvalue weighted by atomic mass is 127. The second-order valence-corrected chi connectivity index (χ2v) is 15.4. The van der Waals surface area contributed by atoms with Crippen LogP contribution in [-0.4, -0.2) is 43.3 Å². The van der Waals surface area contributed by atoms with Crippen LogP contribution in [0.15, 0.2) is 63.4 Å². The number of Topliss-reactive ketones (excluding diaryl/α,β-unsaturated/α-hetero) is 2. The predicted octanol–water partition coefficient (Wildman–Crippen LogP) is 8.36. The molecule has 0 radical (unpaired) electrons. The first kappa shape index (κ1) is 32.2. The summed E-state index contributed by atoms with van der Waals surface area (Å²) >= 11 is 5.78. The number of rotatable bonds is 9. The third-order valence-electron chi connectivity index (χ3n) is 8.50. The van der Waals surface area contributed by atoms with E-state index in [0.29, 0.717) is 50.7 Å². The number of nitrogens with zero attached hydrogens (tertiary/aromatic N) is 1. The number of ketones is 2. The van der Waals surface area contributed by atoms with E-state index >= 15 is 0 Å². The van der Waals surface area contributed by atoms with Crippen LogP contribution in [0.3, 0.4) is 0 Å². The van der Waals surface area contributed by atoms with Gasteiger partial charge in [0.05, 0.1) is 16.8 Å². The number of benzene rings is 2.